The van der Waals surface area contributed by atoms with Gasteiger partial charge in [0.2, 0.25) is 0 Å². The minimum Gasteiger partial charge on any atom is -0.324 e. The van der Waals surface area contributed by atoms with Gasteiger partial charge >= 0.3 is 0 Å². The second-order valence-corrected chi connectivity index (χ2v) is 6.18. The predicted molar refractivity (Wildman–Crippen MR) is 99.6 cm³/mol. The van der Waals surface area contributed by atoms with E-state index in [2.05, 4.69) is 45.2 Å². The summed E-state index contributed by atoms with van der Waals surface area (Å²) in [5.74, 6) is 1.02. The lowest BCUT2D eigenvalue weighted by atomic mass is 9.79. The summed E-state index contributed by atoms with van der Waals surface area (Å²) >= 11 is 0. The molecule has 1 heteroatoms. The van der Waals surface area contributed by atoms with Gasteiger partial charge in [0.1, 0.15) is 0 Å². The first-order valence-corrected chi connectivity index (χ1v) is 8.24. The van der Waals surface area contributed by atoms with Gasteiger partial charge in [-0.3, -0.25) is 0 Å². The van der Waals surface area contributed by atoms with E-state index in [0.29, 0.717) is 11.8 Å². The van der Waals surface area contributed by atoms with E-state index < -0.39 is 0 Å². The van der Waals surface area contributed by atoms with Crippen molar-refractivity contribution in [3.8, 4) is 0 Å². The van der Waals surface area contributed by atoms with Crippen LogP contribution >= 0.6 is 0 Å². The number of hydrogen-bond donors (Lipinski definition) is 1. The first-order valence-electron chi connectivity index (χ1n) is 8.24. The summed E-state index contributed by atoms with van der Waals surface area (Å²) in [7, 11) is 0. The largest absolute Gasteiger partial charge is 0.324 e. The standard InChI is InChI=1S/C21H31N/c1-6-9-13-18(16(4)5)19-14-10-15-20(19)21(22)17(11-7-2)12-8-3/h6-9,11-13,19-21H,1-2,10,14-15,22H2,3-5H3/b12-8-,13-9-,17-11+. The lowest BCUT2D eigenvalue weighted by molar-refractivity contribution is 0.396. The average molecular weight is 297 g/mol. The first-order chi connectivity index (χ1) is 10.6. The maximum Gasteiger partial charge on any atom is 0.0329 e. The van der Waals surface area contributed by atoms with Crippen molar-refractivity contribution in [2.45, 2.75) is 46.1 Å². The molecule has 0 heterocycles. The zero-order valence-corrected chi connectivity index (χ0v) is 14.4. The van der Waals surface area contributed by atoms with Gasteiger partial charge in [0.15, 0.2) is 0 Å². The molecule has 0 amide bonds. The second-order valence-electron chi connectivity index (χ2n) is 6.18. The van der Waals surface area contributed by atoms with Crippen LogP contribution in [0.5, 0.6) is 0 Å². The predicted octanol–water partition coefficient (Wildman–Crippen LogP) is 5.50. The van der Waals surface area contributed by atoms with Gasteiger partial charge in [-0.15, -0.1) is 0 Å². The molecule has 0 aromatic carbocycles. The monoisotopic (exact) mass is 297 g/mol. The molecule has 0 bridgehead atoms. The van der Waals surface area contributed by atoms with Crippen molar-refractivity contribution >= 4 is 0 Å². The van der Waals surface area contributed by atoms with Crippen LogP contribution in [0.15, 0.2) is 72.4 Å². The molecular weight excluding hydrogens is 266 g/mol. The second kappa shape index (κ2) is 9.42. The fourth-order valence-corrected chi connectivity index (χ4v) is 3.49. The summed E-state index contributed by atoms with van der Waals surface area (Å²) in [6.07, 6.45) is 17.8. The Morgan fingerprint density at radius 1 is 1.14 bits per heavy atom. The van der Waals surface area contributed by atoms with Crippen LogP contribution in [0.3, 0.4) is 0 Å². The van der Waals surface area contributed by atoms with Gasteiger partial charge in [0.25, 0.3) is 0 Å². The van der Waals surface area contributed by atoms with Crippen LogP contribution in [0.1, 0.15) is 40.0 Å². The van der Waals surface area contributed by atoms with Gasteiger partial charge in [0.05, 0.1) is 0 Å². The van der Waals surface area contributed by atoms with Gasteiger partial charge in [-0.05, 0) is 56.6 Å². The molecule has 0 spiro atoms. The molecule has 2 N–H and O–H groups in total. The highest BCUT2D eigenvalue weighted by Crippen LogP contribution is 2.41. The molecule has 1 aliphatic carbocycles. The van der Waals surface area contributed by atoms with Crippen molar-refractivity contribution in [1.29, 1.82) is 0 Å². The number of hydrogen-bond acceptors (Lipinski definition) is 1. The van der Waals surface area contributed by atoms with Gasteiger partial charge < -0.3 is 5.73 Å². The molecule has 1 nitrogen and oxygen atoms in total. The van der Waals surface area contributed by atoms with Crippen LogP contribution in [-0.4, -0.2) is 6.04 Å². The molecule has 0 aliphatic heterocycles. The fraction of sp³-hybridized carbons (Fsp3) is 0.429. The molecular formula is C21H31N. The van der Waals surface area contributed by atoms with Crippen molar-refractivity contribution in [2.24, 2.45) is 17.6 Å². The summed E-state index contributed by atoms with van der Waals surface area (Å²) in [5, 5.41) is 0. The molecule has 22 heavy (non-hydrogen) atoms. The number of rotatable bonds is 7. The van der Waals surface area contributed by atoms with Gasteiger partial charge in [-0.2, -0.15) is 0 Å². The zero-order valence-electron chi connectivity index (χ0n) is 14.4. The molecule has 0 saturated heterocycles. The van der Waals surface area contributed by atoms with Gasteiger partial charge in [-0.1, -0.05) is 67.7 Å². The Bertz CT molecular complexity index is 498. The van der Waals surface area contributed by atoms with Crippen molar-refractivity contribution in [3.05, 3.63) is 72.4 Å². The van der Waals surface area contributed by atoms with Gasteiger partial charge in [0, 0.05) is 6.04 Å². The average Bonchev–Trinajstić information content (AvgIpc) is 2.95. The normalized spacial score (nSPS) is 23.9. The molecule has 1 rings (SSSR count). The summed E-state index contributed by atoms with van der Waals surface area (Å²) < 4.78 is 0. The minimum absolute atomic E-state index is 0.0631. The molecule has 0 aromatic rings. The SMILES string of the molecule is C=C/C=C\C(=C(C)C)C1CCCC1C(N)C(/C=C\C)=C/C=C. The van der Waals surface area contributed by atoms with Crippen LogP contribution in [0.25, 0.3) is 0 Å². The Morgan fingerprint density at radius 3 is 2.41 bits per heavy atom. The topological polar surface area (TPSA) is 26.0 Å². The first kappa shape index (κ1) is 18.4. The van der Waals surface area contributed by atoms with Crippen molar-refractivity contribution in [2.75, 3.05) is 0 Å². The Kier molecular flexibility index (Phi) is 7.90. The molecule has 3 unspecified atom stereocenters. The highest BCUT2D eigenvalue weighted by atomic mass is 14.7. The van der Waals surface area contributed by atoms with E-state index >= 15 is 0 Å². The molecule has 0 aromatic heterocycles. The van der Waals surface area contributed by atoms with E-state index in [1.807, 2.05) is 31.2 Å². The Labute approximate surface area is 136 Å². The van der Waals surface area contributed by atoms with E-state index in [1.54, 1.807) is 0 Å². The number of allylic oxidation sites excluding steroid dienone is 8. The van der Waals surface area contributed by atoms with Gasteiger partial charge in [-0.25, -0.2) is 0 Å². The van der Waals surface area contributed by atoms with E-state index in [9.17, 15) is 0 Å². The third kappa shape index (κ3) is 4.71. The molecule has 0 radical (unpaired) electrons. The van der Waals surface area contributed by atoms with E-state index in [4.69, 9.17) is 5.73 Å². The minimum atomic E-state index is 0.0631. The highest BCUT2D eigenvalue weighted by Gasteiger charge is 2.34. The van der Waals surface area contributed by atoms with Crippen LogP contribution in [0.2, 0.25) is 0 Å². The lowest BCUT2D eigenvalue weighted by Crippen LogP contribution is -2.34. The lowest BCUT2D eigenvalue weighted by Gasteiger charge is -2.28. The Hall–Kier alpha value is -1.60. The maximum absolute atomic E-state index is 6.62. The smallest absolute Gasteiger partial charge is 0.0329 e. The van der Waals surface area contributed by atoms with Crippen LogP contribution in [-0.2, 0) is 0 Å². The molecule has 3 atom stereocenters. The highest BCUT2D eigenvalue weighted by molar-refractivity contribution is 5.34. The van der Waals surface area contributed by atoms with Crippen molar-refractivity contribution in [1.82, 2.24) is 0 Å². The summed E-state index contributed by atoms with van der Waals surface area (Å²) in [4.78, 5) is 0. The summed E-state index contributed by atoms with van der Waals surface area (Å²) in [6.45, 7) is 14.0. The van der Waals surface area contributed by atoms with Crippen LogP contribution in [0.4, 0.5) is 0 Å². The number of nitrogens with two attached hydrogens (primary N) is 1. The van der Waals surface area contributed by atoms with Crippen LogP contribution < -0.4 is 5.73 Å². The molecule has 1 fully saturated rings. The van der Waals surface area contributed by atoms with Crippen LogP contribution in [0, 0.1) is 11.8 Å². The molecule has 1 aliphatic rings. The Balaban J connectivity index is 3.10. The van der Waals surface area contributed by atoms with E-state index in [1.165, 1.54) is 36.0 Å². The summed E-state index contributed by atoms with van der Waals surface area (Å²) in [5.41, 5.74) is 10.6. The van der Waals surface area contributed by atoms with E-state index in [-0.39, 0.29) is 6.04 Å². The third-order valence-corrected chi connectivity index (χ3v) is 4.47. The fourth-order valence-electron chi connectivity index (χ4n) is 3.49. The Morgan fingerprint density at radius 2 is 1.86 bits per heavy atom. The molecule has 120 valence electrons. The summed E-state index contributed by atoms with van der Waals surface area (Å²) in [6, 6.07) is 0.0631. The van der Waals surface area contributed by atoms with Crippen molar-refractivity contribution in [3.63, 3.8) is 0 Å². The molecule has 1 saturated carbocycles. The van der Waals surface area contributed by atoms with E-state index in [0.717, 1.165) is 0 Å². The zero-order chi connectivity index (χ0) is 16.5. The van der Waals surface area contributed by atoms with Crippen molar-refractivity contribution < 1.29 is 0 Å². The quantitative estimate of drug-likeness (QED) is 0.617. The third-order valence-electron chi connectivity index (χ3n) is 4.47. The maximum atomic E-state index is 6.62.